The molecule has 1 aliphatic carbocycles. The lowest BCUT2D eigenvalue weighted by atomic mass is 9.83. The Hall–Kier alpha value is -1.95. The van der Waals surface area contributed by atoms with E-state index in [-0.39, 0.29) is 17.5 Å². The van der Waals surface area contributed by atoms with Crippen molar-refractivity contribution in [2.45, 2.75) is 51.2 Å². The number of nitrogens with one attached hydrogen (secondary N) is 1. The molecular weight excluding hydrogens is 396 g/mol. The Kier molecular flexibility index (Phi) is 7.82. The maximum absolute atomic E-state index is 13.1. The molecule has 4 rings (SSSR count). The zero-order valence-electron chi connectivity index (χ0n) is 19.9. The lowest BCUT2D eigenvalue weighted by Gasteiger charge is -2.52. The van der Waals surface area contributed by atoms with Crippen molar-refractivity contribution in [3.8, 4) is 0 Å². The first-order valence-electron chi connectivity index (χ1n) is 12.5. The monoisotopic (exact) mass is 436 g/mol. The molecule has 0 bridgehead atoms. The molecule has 1 N–H and O–H groups in total. The molecule has 0 radical (unpaired) electrons. The van der Waals surface area contributed by atoms with Crippen LogP contribution in [0, 0.1) is 5.92 Å². The van der Waals surface area contributed by atoms with Gasteiger partial charge in [0.2, 0.25) is 5.91 Å². The van der Waals surface area contributed by atoms with Gasteiger partial charge in [0.05, 0.1) is 6.04 Å². The summed E-state index contributed by atoms with van der Waals surface area (Å²) in [6.07, 6.45) is 11.5. The van der Waals surface area contributed by atoms with E-state index in [0.29, 0.717) is 12.3 Å². The van der Waals surface area contributed by atoms with Gasteiger partial charge in [-0.3, -0.25) is 14.6 Å². The average Bonchev–Trinajstić information content (AvgIpc) is 2.84. The predicted molar refractivity (Wildman–Crippen MR) is 131 cm³/mol. The van der Waals surface area contributed by atoms with Crippen LogP contribution in [0.5, 0.6) is 0 Å². The van der Waals surface area contributed by atoms with Gasteiger partial charge in [0.1, 0.15) is 0 Å². The van der Waals surface area contributed by atoms with Gasteiger partial charge < -0.3 is 10.2 Å². The minimum Gasteiger partial charge on any atom is -0.334 e. The molecule has 3 aliphatic rings. The first kappa shape index (κ1) is 23.2. The van der Waals surface area contributed by atoms with E-state index in [9.17, 15) is 4.79 Å². The second kappa shape index (κ2) is 10.8. The highest BCUT2D eigenvalue weighted by atomic mass is 16.2. The number of nitrogens with zero attached hydrogens (tertiary/aromatic N) is 3. The molecule has 2 heterocycles. The number of benzene rings is 1. The van der Waals surface area contributed by atoms with Crippen LogP contribution in [0.25, 0.3) is 0 Å². The van der Waals surface area contributed by atoms with Crippen molar-refractivity contribution in [2.24, 2.45) is 5.92 Å². The fourth-order valence-electron chi connectivity index (χ4n) is 5.66. The van der Waals surface area contributed by atoms with Crippen LogP contribution in [0.4, 0.5) is 0 Å². The van der Waals surface area contributed by atoms with Crippen molar-refractivity contribution in [3.63, 3.8) is 0 Å². The second-order valence-corrected chi connectivity index (χ2v) is 9.72. The number of amides is 1. The van der Waals surface area contributed by atoms with E-state index in [1.165, 1.54) is 5.56 Å². The summed E-state index contributed by atoms with van der Waals surface area (Å²) in [5.74, 6) is 0.638. The number of rotatable bonds is 7. The quantitative estimate of drug-likeness (QED) is 0.712. The first-order chi connectivity index (χ1) is 15.6. The van der Waals surface area contributed by atoms with Crippen LogP contribution in [0.2, 0.25) is 0 Å². The van der Waals surface area contributed by atoms with Crippen molar-refractivity contribution in [1.82, 2.24) is 20.0 Å². The topological polar surface area (TPSA) is 38.8 Å². The zero-order valence-corrected chi connectivity index (χ0v) is 19.9. The molecule has 0 aromatic heterocycles. The number of carbonyl (C=O) groups excluding carboxylic acids is 1. The van der Waals surface area contributed by atoms with Crippen LogP contribution in [-0.2, 0) is 11.3 Å². The Balaban J connectivity index is 1.47. The SMILES string of the molecule is CCC(=O)N(CC1(N2CCN(Cc3ccccc3)CC2)CCNCC1)C1C=CC=CC1C. The van der Waals surface area contributed by atoms with Crippen LogP contribution in [0.15, 0.2) is 54.6 Å². The molecule has 0 spiro atoms. The summed E-state index contributed by atoms with van der Waals surface area (Å²) in [4.78, 5) is 20.6. The normalized spacial score (nSPS) is 26.2. The summed E-state index contributed by atoms with van der Waals surface area (Å²) in [6, 6.07) is 11.0. The number of piperazine rings is 1. The molecule has 0 saturated carbocycles. The number of carbonyl (C=O) groups is 1. The predicted octanol–water partition coefficient (Wildman–Crippen LogP) is 3.30. The number of hydrogen-bond donors (Lipinski definition) is 1. The summed E-state index contributed by atoms with van der Waals surface area (Å²) in [5.41, 5.74) is 1.47. The summed E-state index contributed by atoms with van der Waals surface area (Å²) >= 11 is 0. The Labute approximate surface area is 194 Å². The fraction of sp³-hybridized carbons (Fsp3) is 0.593. The molecule has 2 saturated heterocycles. The average molecular weight is 437 g/mol. The van der Waals surface area contributed by atoms with Crippen LogP contribution in [0.3, 0.4) is 0 Å². The van der Waals surface area contributed by atoms with Gasteiger partial charge in [-0.1, -0.05) is 68.5 Å². The van der Waals surface area contributed by atoms with E-state index in [0.717, 1.165) is 65.2 Å². The van der Waals surface area contributed by atoms with Crippen LogP contribution in [-0.4, -0.2) is 78.0 Å². The molecule has 2 atom stereocenters. The largest absolute Gasteiger partial charge is 0.334 e. The summed E-state index contributed by atoms with van der Waals surface area (Å²) in [5, 5.41) is 3.56. The van der Waals surface area contributed by atoms with E-state index in [4.69, 9.17) is 0 Å². The minimum atomic E-state index is 0.0731. The third-order valence-corrected chi connectivity index (χ3v) is 7.65. The van der Waals surface area contributed by atoms with Crippen molar-refractivity contribution in [3.05, 3.63) is 60.2 Å². The lowest BCUT2D eigenvalue weighted by molar-refractivity contribution is -0.136. The number of hydrogen-bond acceptors (Lipinski definition) is 4. The summed E-state index contributed by atoms with van der Waals surface area (Å²) < 4.78 is 0. The lowest BCUT2D eigenvalue weighted by Crippen LogP contribution is -2.65. The molecule has 1 amide bonds. The number of piperidine rings is 1. The Morgan fingerprint density at radius 1 is 1.06 bits per heavy atom. The molecule has 174 valence electrons. The Morgan fingerprint density at radius 2 is 1.75 bits per heavy atom. The van der Waals surface area contributed by atoms with Gasteiger partial charge in [0.25, 0.3) is 0 Å². The van der Waals surface area contributed by atoms with Gasteiger partial charge in [-0.25, -0.2) is 0 Å². The molecule has 1 aromatic rings. The van der Waals surface area contributed by atoms with Gasteiger partial charge in [-0.05, 0) is 37.4 Å². The third kappa shape index (κ3) is 5.33. The van der Waals surface area contributed by atoms with Gasteiger partial charge in [0, 0.05) is 51.2 Å². The molecule has 5 heteroatoms. The van der Waals surface area contributed by atoms with E-state index < -0.39 is 0 Å². The maximum atomic E-state index is 13.1. The molecule has 32 heavy (non-hydrogen) atoms. The van der Waals surface area contributed by atoms with E-state index in [2.05, 4.69) is 81.6 Å². The molecule has 5 nitrogen and oxygen atoms in total. The molecular formula is C27H40N4O. The van der Waals surface area contributed by atoms with Gasteiger partial charge in [0.15, 0.2) is 0 Å². The van der Waals surface area contributed by atoms with Crippen LogP contribution in [0.1, 0.15) is 38.7 Å². The van der Waals surface area contributed by atoms with Gasteiger partial charge in [-0.2, -0.15) is 0 Å². The standard InChI is InChI=1S/C27H40N4O/c1-3-26(32)31(25-12-8-7-9-23(25)2)22-27(13-15-28-16-14-27)30-19-17-29(18-20-30)21-24-10-5-4-6-11-24/h4-12,23,25,28H,3,13-22H2,1-2H3. The molecule has 1 aromatic carbocycles. The highest BCUT2D eigenvalue weighted by Gasteiger charge is 2.43. The Bertz CT molecular complexity index is 791. The van der Waals surface area contributed by atoms with Gasteiger partial charge in [-0.15, -0.1) is 0 Å². The highest BCUT2D eigenvalue weighted by molar-refractivity contribution is 5.76. The van der Waals surface area contributed by atoms with Crippen molar-refractivity contribution < 1.29 is 4.79 Å². The van der Waals surface area contributed by atoms with Crippen molar-refractivity contribution in [2.75, 3.05) is 45.8 Å². The molecule has 2 aliphatic heterocycles. The smallest absolute Gasteiger partial charge is 0.222 e. The van der Waals surface area contributed by atoms with E-state index in [1.54, 1.807) is 0 Å². The fourth-order valence-corrected chi connectivity index (χ4v) is 5.66. The van der Waals surface area contributed by atoms with E-state index >= 15 is 0 Å². The molecule has 2 fully saturated rings. The number of allylic oxidation sites excluding steroid dienone is 2. The highest BCUT2D eigenvalue weighted by Crippen LogP contribution is 2.32. The Morgan fingerprint density at radius 3 is 2.41 bits per heavy atom. The maximum Gasteiger partial charge on any atom is 0.222 e. The van der Waals surface area contributed by atoms with Crippen LogP contribution >= 0.6 is 0 Å². The van der Waals surface area contributed by atoms with Crippen molar-refractivity contribution >= 4 is 5.91 Å². The summed E-state index contributed by atoms with van der Waals surface area (Å²) in [6.45, 7) is 12.5. The minimum absolute atomic E-state index is 0.0731. The first-order valence-corrected chi connectivity index (χ1v) is 12.5. The van der Waals surface area contributed by atoms with Crippen molar-refractivity contribution in [1.29, 1.82) is 0 Å². The second-order valence-electron chi connectivity index (χ2n) is 9.72. The van der Waals surface area contributed by atoms with Crippen LogP contribution < -0.4 is 5.32 Å². The van der Waals surface area contributed by atoms with Gasteiger partial charge >= 0.3 is 0 Å². The van der Waals surface area contributed by atoms with E-state index in [1.807, 2.05) is 6.92 Å². The molecule has 2 unspecified atom stereocenters. The third-order valence-electron chi connectivity index (χ3n) is 7.65. The zero-order chi connectivity index (χ0) is 22.4. The summed E-state index contributed by atoms with van der Waals surface area (Å²) in [7, 11) is 0.